The number of nitrogens with zero attached hydrogens (tertiary/aromatic N) is 1. The molecular weight excluding hydrogens is 286 g/mol. The Morgan fingerprint density at radius 2 is 2.10 bits per heavy atom. The molecular formula is C11H11N3O5S. The third-order valence-electron chi connectivity index (χ3n) is 2.39. The molecule has 4 N–H and O–H groups in total. The van der Waals surface area contributed by atoms with Crippen LogP contribution in [-0.4, -0.2) is 24.7 Å². The van der Waals surface area contributed by atoms with Gasteiger partial charge in [-0.15, -0.1) is 0 Å². The van der Waals surface area contributed by atoms with Gasteiger partial charge in [-0.1, -0.05) is 5.16 Å². The Balaban J connectivity index is 2.46. The van der Waals surface area contributed by atoms with Gasteiger partial charge in [-0.05, 0) is 25.1 Å². The number of anilines is 2. The second-order valence-corrected chi connectivity index (χ2v) is 5.65. The number of nitrogen functional groups attached to an aromatic ring is 1. The van der Waals surface area contributed by atoms with Gasteiger partial charge in [-0.3, -0.25) is 0 Å². The fourth-order valence-corrected chi connectivity index (χ4v) is 2.70. The molecule has 0 amide bonds. The lowest BCUT2D eigenvalue weighted by Gasteiger charge is -2.08. The predicted octanol–water partition coefficient (Wildman–Crippen LogP) is 1.06. The maximum Gasteiger partial charge on any atom is 0.337 e. The molecule has 1 aromatic carbocycles. The first-order valence-corrected chi connectivity index (χ1v) is 6.87. The molecule has 8 nitrogen and oxygen atoms in total. The Morgan fingerprint density at radius 3 is 2.65 bits per heavy atom. The molecule has 0 atom stereocenters. The van der Waals surface area contributed by atoms with Crippen LogP contribution in [0, 0.1) is 6.92 Å². The molecule has 106 valence electrons. The second-order valence-electron chi connectivity index (χ2n) is 4.00. The van der Waals surface area contributed by atoms with Crippen LogP contribution in [0.4, 0.5) is 11.6 Å². The summed E-state index contributed by atoms with van der Waals surface area (Å²) < 4.78 is 31.1. The minimum atomic E-state index is -4.11. The summed E-state index contributed by atoms with van der Waals surface area (Å²) in [7, 11) is -4.11. The van der Waals surface area contributed by atoms with Crippen molar-refractivity contribution < 1.29 is 22.8 Å². The van der Waals surface area contributed by atoms with Crippen LogP contribution in [0.2, 0.25) is 0 Å². The number of nitrogens with two attached hydrogens (primary N) is 1. The number of rotatable bonds is 4. The Kier molecular flexibility index (Phi) is 3.36. The number of benzene rings is 1. The van der Waals surface area contributed by atoms with Crippen LogP contribution < -0.4 is 10.5 Å². The minimum absolute atomic E-state index is 0.101. The van der Waals surface area contributed by atoms with E-state index in [2.05, 4.69) is 9.88 Å². The van der Waals surface area contributed by atoms with Crippen molar-refractivity contribution in [3.8, 4) is 0 Å². The van der Waals surface area contributed by atoms with E-state index in [1.165, 1.54) is 12.1 Å². The van der Waals surface area contributed by atoms with Crippen molar-refractivity contribution >= 4 is 27.6 Å². The van der Waals surface area contributed by atoms with Gasteiger partial charge < -0.3 is 15.4 Å². The van der Waals surface area contributed by atoms with Crippen LogP contribution in [0.5, 0.6) is 0 Å². The summed E-state index contributed by atoms with van der Waals surface area (Å²) in [6.07, 6.45) is 0. The number of carboxylic acid groups (broad SMARTS) is 1. The summed E-state index contributed by atoms with van der Waals surface area (Å²) in [5.74, 6) is -1.50. The van der Waals surface area contributed by atoms with Crippen molar-refractivity contribution in [2.24, 2.45) is 0 Å². The fourth-order valence-electron chi connectivity index (χ4n) is 1.55. The monoisotopic (exact) mass is 297 g/mol. The van der Waals surface area contributed by atoms with E-state index in [0.29, 0.717) is 5.69 Å². The largest absolute Gasteiger partial charge is 0.478 e. The lowest BCUT2D eigenvalue weighted by atomic mass is 10.2. The van der Waals surface area contributed by atoms with E-state index in [1.807, 2.05) is 0 Å². The van der Waals surface area contributed by atoms with Gasteiger partial charge in [0.1, 0.15) is 4.90 Å². The molecule has 0 aliphatic carbocycles. The number of nitrogens with one attached hydrogen (secondary N) is 1. The molecule has 0 radical (unpaired) electrons. The molecule has 9 heteroatoms. The van der Waals surface area contributed by atoms with Gasteiger partial charge >= 0.3 is 5.97 Å². The molecule has 1 aromatic heterocycles. The SMILES string of the molecule is Cc1cc(NS(=O)(=O)c2ccc(N)cc2C(=O)O)on1. The predicted molar refractivity (Wildman–Crippen MR) is 69.9 cm³/mol. The number of sulfonamides is 1. The number of carbonyl (C=O) groups is 1. The summed E-state index contributed by atoms with van der Waals surface area (Å²) in [6, 6.07) is 4.86. The van der Waals surface area contributed by atoms with E-state index in [1.54, 1.807) is 6.92 Å². The van der Waals surface area contributed by atoms with Crippen LogP contribution in [0.15, 0.2) is 33.7 Å². The Hall–Kier alpha value is -2.55. The van der Waals surface area contributed by atoms with Crippen LogP contribution in [0.3, 0.4) is 0 Å². The van der Waals surface area contributed by atoms with Crippen LogP contribution in [0.25, 0.3) is 0 Å². The smallest absolute Gasteiger partial charge is 0.337 e. The lowest BCUT2D eigenvalue weighted by Crippen LogP contribution is -2.16. The van der Waals surface area contributed by atoms with Gasteiger partial charge in [0.15, 0.2) is 0 Å². The van der Waals surface area contributed by atoms with E-state index in [-0.39, 0.29) is 11.6 Å². The molecule has 0 saturated heterocycles. The number of hydrogen-bond donors (Lipinski definition) is 3. The molecule has 20 heavy (non-hydrogen) atoms. The number of carboxylic acids is 1. The molecule has 0 aliphatic rings. The van der Waals surface area contributed by atoms with Gasteiger partial charge in [0, 0.05) is 11.8 Å². The van der Waals surface area contributed by atoms with Crippen molar-refractivity contribution in [3.63, 3.8) is 0 Å². The Bertz CT molecular complexity index is 766. The van der Waals surface area contributed by atoms with Crippen molar-refractivity contribution in [2.75, 3.05) is 10.5 Å². The normalized spacial score (nSPS) is 11.2. The van der Waals surface area contributed by atoms with Crippen molar-refractivity contribution in [1.29, 1.82) is 0 Å². The summed E-state index contributed by atoms with van der Waals surface area (Å²) in [6.45, 7) is 1.62. The van der Waals surface area contributed by atoms with Crippen molar-refractivity contribution in [1.82, 2.24) is 5.16 Å². The van der Waals surface area contributed by atoms with Crippen molar-refractivity contribution in [2.45, 2.75) is 11.8 Å². The maximum atomic E-state index is 12.1. The highest BCUT2D eigenvalue weighted by Crippen LogP contribution is 2.22. The molecule has 2 aromatic rings. The maximum absolute atomic E-state index is 12.1. The van der Waals surface area contributed by atoms with Gasteiger partial charge in [0.25, 0.3) is 10.0 Å². The first-order valence-electron chi connectivity index (χ1n) is 5.38. The molecule has 1 heterocycles. The van der Waals surface area contributed by atoms with E-state index in [9.17, 15) is 13.2 Å². The van der Waals surface area contributed by atoms with E-state index < -0.39 is 26.5 Å². The highest BCUT2D eigenvalue weighted by molar-refractivity contribution is 7.92. The second kappa shape index (κ2) is 4.85. The first kappa shape index (κ1) is 13.9. The quantitative estimate of drug-likeness (QED) is 0.718. The summed E-state index contributed by atoms with van der Waals surface area (Å²) >= 11 is 0. The van der Waals surface area contributed by atoms with Gasteiger partial charge in [0.05, 0.1) is 11.3 Å². The van der Waals surface area contributed by atoms with Gasteiger partial charge in [-0.25, -0.2) is 17.9 Å². The Morgan fingerprint density at radius 1 is 1.40 bits per heavy atom. The minimum Gasteiger partial charge on any atom is -0.478 e. The zero-order chi connectivity index (χ0) is 14.9. The first-order chi connectivity index (χ1) is 9.29. The Labute approximate surface area is 114 Å². The van der Waals surface area contributed by atoms with Crippen LogP contribution in [-0.2, 0) is 10.0 Å². The molecule has 0 spiro atoms. The highest BCUT2D eigenvalue weighted by Gasteiger charge is 2.23. The summed E-state index contributed by atoms with van der Waals surface area (Å²) in [4.78, 5) is 10.7. The van der Waals surface area contributed by atoms with E-state index >= 15 is 0 Å². The van der Waals surface area contributed by atoms with Gasteiger partial charge in [0.2, 0.25) is 5.88 Å². The fraction of sp³-hybridized carbons (Fsp3) is 0.0909. The van der Waals surface area contributed by atoms with Crippen LogP contribution in [0.1, 0.15) is 16.1 Å². The number of aromatic carboxylic acids is 1. The van der Waals surface area contributed by atoms with Crippen molar-refractivity contribution in [3.05, 3.63) is 35.5 Å². The summed E-state index contributed by atoms with van der Waals surface area (Å²) in [5.41, 5.74) is 5.67. The zero-order valence-corrected chi connectivity index (χ0v) is 11.1. The molecule has 0 bridgehead atoms. The van der Waals surface area contributed by atoms with Crippen LogP contribution >= 0.6 is 0 Å². The molecule has 0 saturated carbocycles. The third kappa shape index (κ3) is 2.72. The molecule has 0 unspecified atom stereocenters. The number of aromatic nitrogens is 1. The van der Waals surface area contributed by atoms with Gasteiger partial charge in [-0.2, -0.15) is 0 Å². The van der Waals surface area contributed by atoms with E-state index in [4.69, 9.17) is 15.4 Å². The number of aryl methyl sites for hydroxylation is 1. The topological polar surface area (TPSA) is 136 Å². The highest BCUT2D eigenvalue weighted by atomic mass is 32.2. The standard InChI is InChI=1S/C11H11N3O5S/c1-6-4-10(19-13-6)14-20(17,18)9-3-2-7(12)5-8(9)11(15)16/h2-5,14H,12H2,1H3,(H,15,16). The zero-order valence-electron chi connectivity index (χ0n) is 10.3. The molecule has 2 rings (SSSR count). The average molecular weight is 297 g/mol. The average Bonchev–Trinajstić information content (AvgIpc) is 2.73. The third-order valence-corrected chi connectivity index (χ3v) is 3.79. The lowest BCUT2D eigenvalue weighted by molar-refractivity contribution is 0.0692. The number of hydrogen-bond acceptors (Lipinski definition) is 6. The summed E-state index contributed by atoms with van der Waals surface area (Å²) in [5, 5.41) is 12.6. The van der Waals surface area contributed by atoms with E-state index in [0.717, 1.165) is 12.1 Å². The molecule has 0 aliphatic heterocycles. The molecule has 0 fully saturated rings.